The third kappa shape index (κ3) is 11.7. The molecule has 0 rings (SSSR count). The van der Waals surface area contributed by atoms with Gasteiger partial charge in [0.15, 0.2) is 0 Å². The molecule has 0 radical (unpaired) electrons. The van der Waals surface area contributed by atoms with E-state index in [4.69, 9.17) is 5.11 Å². The van der Waals surface area contributed by atoms with Crippen LogP contribution < -0.4 is 16.0 Å². The zero-order chi connectivity index (χ0) is 16.3. The van der Waals surface area contributed by atoms with Crippen LogP contribution in [0.3, 0.4) is 0 Å². The summed E-state index contributed by atoms with van der Waals surface area (Å²) >= 11 is 0. The number of unbranched alkanes of at least 4 members (excludes halogenated alkanes) is 3. The average molecular weight is 301 g/mol. The third-order valence-electron chi connectivity index (χ3n) is 2.77. The van der Waals surface area contributed by atoms with Crippen LogP contribution in [0.25, 0.3) is 0 Å². The second-order valence-corrected chi connectivity index (χ2v) is 5.34. The lowest BCUT2D eigenvalue weighted by atomic mass is 10.1. The number of carboxylic acids is 1. The molecule has 0 aliphatic rings. The van der Waals surface area contributed by atoms with E-state index in [0.717, 1.165) is 19.3 Å². The van der Waals surface area contributed by atoms with E-state index in [2.05, 4.69) is 16.0 Å². The van der Waals surface area contributed by atoms with Crippen molar-refractivity contribution in [3.63, 3.8) is 0 Å². The van der Waals surface area contributed by atoms with Crippen LogP contribution in [0.4, 0.5) is 4.79 Å². The summed E-state index contributed by atoms with van der Waals surface area (Å²) in [6.07, 6.45) is 3.35. The number of nitrogens with one attached hydrogen (secondary N) is 3. The van der Waals surface area contributed by atoms with Crippen LogP contribution >= 0.6 is 0 Å². The molecule has 122 valence electrons. The molecule has 0 heterocycles. The van der Waals surface area contributed by atoms with Crippen molar-refractivity contribution in [1.82, 2.24) is 16.0 Å². The number of aliphatic carboxylic acids is 1. The van der Waals surface area contributed by atoms with Crippen LogP contribution in [-0.2, 0) is 9.59 Å². The Morgan fingerprint density at radius 1 is 0.952 bits per heavy atom. The SMILES string of the molecule is CC(C)NC(=O)C(C)NC(=O)NCCCCCCC(=O)O. The van der Waals surface area contributed by atoms with Gasteiger partial charge in [-0.15, -0.1) is 0 Å². The minimum absolute atomic E-state index is 0.0376. The minimum atomic E-state index is -0.777. The molecule has 0 fully saturated rings. The highest BCUT2D eigenvalue weighted by molar-refractivity contribution is 5.86. The number of hydrogen-bond donors (Lipinski definition) is 4. The van der Waals surface area contributed by atoms with Crippen LogP contribution in [0, 0.1) is 0 Å². The van der Waals surface area contributed by atoms with Gasteiger partial charge >= 0.3 is 12.0 Å². The molecular formula is C14H27N3O4. The normalized spacial score (nSPS) is 11.8. The number of hydrogen-bond acceptors (Lipinski definition) is 3. The van der Waals surface area contributed by atoms with Crippen molar-refractivity contribution in [2.75, 3.05) is 6.54 Å². The third-order valence-corrected chi connectivity index (χ3v) is 2.77. The van der Waals surface area contributed by atoms with Gasteiger partial charge in [-0.1, -0.05) is 12.8 Å². The van der Waals surface area contributed by atoms with E-state index in [1.54, 1.807) is 6.92 Å². The Kier molecular flexibility index (Phi) is 10.0. The molecule has 0 aliphatic carbocycles. The minimum Gasteiger partial charge on any atom is -0.481 e. The summed E-state index contributed by atoms with van der Waals surface area (Å²) in [6.45, 7) is 5.85. The highest BCUT2D eigenvalue weighted by Crippen LogP contribution is 2.02. The van der Waals surface area contributed by atoms with Crippen LogP contribution in [-0.4, -0.2) is 41.6 Å². The van der Waals surface area contributed by atoms with Crippen molar-refractivity contribution < 1.29 is 19.5 Å². The van der Waals surface area contributed by atoms with Crippen molar-refractivity contribution in [3.8, 4) is 0 Å². The first kappa shape index (κ1) is 19.2. The summed E-state index contributed by atoms with van der Waals surface area (Å²) in [5, 5.41) is 16.4. The Morgan fingerprint density at radius 2 is 1.57 bits per heavy atom. The molecular weight excluding hydrogens is 274 g/mol. The summed E-state index contributed by atoms with van der Waals surface area (Å²) in [5.74, 6) is -0.991. The van der Waals surface area contributed by atoms with Crippen LogP contribution in [0.1, 0.15) is 52.9 Å². The summed E-state index contributed by atoms with van der Waals surface area (Å²) < 4.78 is 0. The van der Waals surface area contributed by atoms with E-state index in [0.29, 0.717) is 13.0 Å². The Balaban J connectivity index is 3.62. The zero-order valence-corrected chi connectivity index (χ0v) is 13.1. The van der Waals surface area contributed by atoms with E-state index in [1.165, 1.54) is 0 Å². The van der Waals surface area contributed by atoms with Crippen molar-refractivity contribution in [2.24, 2.45) is 0 Å². The van der Waals surface area contributed by atoms with Gasteiger partial charge in [-0.2, -0.15) is 0 Å². The number of rotatable bonds is 10. The summed E-state index contributed by atoms with van der Waals surface area (Å²) in [6, 6.07) is -0.912. The van der Waals surface area contributed by atoms with Crippen LogP contribution in [0.2, 0.25) is 0 Å². The van der Waals surface area contributed by atoms with Gasteiger partial charge in [-0.25, -0.2) is 4.79 Å². The van der Waals surface area contributed by atoms with Crippen molar-refractivity contribution in [1.29, 1.82) is 0 Å². The topological polar surface area (TPSA) is 108 Å². The number of carboxylic acid groups (broad SMARTS) is 1. The predicted molar refractivity (Wildman–Crippen MR) is 80.0 cm³/mol. The molecule has 7 heteroatoms. The fourth-order valence-electron chi connectivity index (χ4n) is 1.68. The van der Waals surface area contributed by atoms with Crippen LogP contribution in [0.15, 0.2) is 0 Å². The van der Waals surface area contributed by atoms with E-state index in [9.17, 15) is 14.4 Å². The Morgan fingerprint density at radius 3 is 2.14 bits per heavy atom. The summed E-state index contributed by atoms with van der Waals surface area (Å²) in [7, 11) is 0. The summed E-state index contributed by atoms with van der Waals surface area (Å²) in [5.41, 5.74) is 0. The smallest absolute Gasteiger partial charge is 0.315 e. The molecule has 0 aliphatic heterocycles. The molecule has 0 aromatic heterocycles. The second kappa shape index (κ2) is 10.9. The monoisotopic (exact) mass is 301 g/mol. The Bertz CT molecular complexity index is 345. The lowest BCUT2D eigenvalue weighted by Crippen LogP contribution is -2.49. The van der Waals surface area contributed by atoms with E-state index in [-0.39, 0.29) is 24.4 Å². The molecule has 7 nitrogen and oxygen atoms in total. The highest BCUT2D eigenvalue weighted by Gasteiger charge is 2.15. The molecule has 0 bridgehead atoms. The first-order valence-electron chi connectivity index (χ1n) is 7.39. The summed E-state index contributed by atoms with van der Waals surface area (Å²) in [4.78, 5) is 33.4. The van der Waals surface area contributed by atoms with Gasteiger partial charge in [0.25, 0.3) is 0 Å². The largest absolute Gasteiger partial charge is 0.481 e. The maximum Gasteiger partial charge on any atom is 0.315 e. The molecule has 1 unspecified atom stereocenters. The average Bonchev–Trinajstić information content (AvgIpc) is 2.36. The van der Waals surface area contributed by atoms with E-state index < -0.39 is 12.0 Å². The fraction of sp³-hybridized carbons (Fsp3) is 0.786. The van der Waals surface area contributed by atoms with Crippen molar-refractivity contribution >= 4 is 17.9 Å². The van der Waals surface area contributed by atoms with Gasteiger partial charge in [-0.3, -0.25) is 9.59 Å². The molecule has 4 N–H and O–H groups in total. The Hall–Kier alpha value is -1.79. The van der Waals surface area contributed by atoms with Gasteiger partial charge in [0.05, 0.1) is 0 Å². The first-order valence-corrected chi connectivity index (χ1v) is 7.39. The predicted octanol–water partition coefficient (Wildman–Crippen LogP) is 1.23. The number of carbonyl (C=O) groups excluding carboxylic acids is 2. The molecule has 1 atom stereocenters. The number of amides is 3. The molecule has 21 heavy (non-hydrogen) atoms. The van der Waals surface area contributed by atoms with Gasteiger partial charge in [-0.05, 0) is 33.6 Å². The maximum atomic E-state index is 11.6. The molecule has 0 aromatic carbocycles. The van der Waals surface area contributed by atoms with Crippen molar-refractivity contribution in [2.45, 2.75) is 65.0 Å². The van der Waals surface area contributed by atoms with Gasteiger partial charge in [0, 0.05) is 19.0 Å². The molecule has 0 saturated heterocycles. The molecule has 3 amide bonds. The zero-order valence-electron chi connectivity index (χ0n) is 13.1. The number of carbonyl (C=O) groups is 3. The maximum absolute atomic E-state index is 11.6. The highest BCUT2D eigenvalue weighted by atomic mass is 16.4. The van der Waals surface area contributed by atoms with Crippen molar-refractivity contribution in [3.05, 3.63) is 0 Å². The van der Waals surface area contributed by atoms with E-state index in [1.807, 2.05) is 13.8 Å². The fourth-order valence-corrected chi connectivity index (χ4v) is 1.68. The second-order valence-electron chi connectivity index (χ2n) is 5.34. The lowest BCUT2D eigenvalue weighted by molar-refractivity contribution is -0.137. The number of urea groups is 1. The molecule has 0 saturated carbocycles. The van der Waals surface area contributed by atoms with E-state index >= 15 is 0 Å². The van der Waals surface area contributed by atoms with Crippen LogP contribution in [0.5, 0.6) is 0 Å². The molecule has 0 aromatic rings. The Labute approximate surface area is 125 Å². The van der Waals surface area contributed by atoms with Gasteiger partial charge in [0.1, 0.15) is 6.04 Å². The first-order chi connectivity index (χ1) is 9.82. The quantitative estimate of drug-likeness (QED) is 0.455. The lowest BCUT2D eigenvalue weighted by Gasteiger charge is -2.16. The van der Waals surface area contributed by atoms with Gasteiger partial charge < -0.3 is 21.1 Å². The molecule has 0 spiro atoms. The van der Waals surface area contributed by atoms with Gasteiger partial charge in [0.2, 0.25) is 5.91 Å². The standard InChI is InChI=1S/C14H27N3O4/c1-10(2)16-13(20)11(3)17-14(21)15-9-7-5-4-6-8-12(18)19/h10-11H,4-9H2,1-3H3,(H,16,20)(H,18,19)(H2,15,17,21).